The van der Waals surface area contributed by atoms with E-state index in [-0.39, 0.29) is 17.6 Å². The van der Waals surface area contributed by atoms with E-state index in [1.165, 1.54) is 0 Å². The molecular formula is C13H18BrClO3S. The van der Waals surface area contributed by atoms with Crippen LogP contribution in [0, 0.1) is 18.8 Å². The van der Waals surface area contributed by atoms with Crippen molar-refractivity contribution in [3.63, 3.8) is 0 Å². The van der Waals surface area contributed by atoms with Gasteiger partial charge in [-0.1, -0.05) is 35.8 Å². The number of benzene rings is 1. The summed E-state index contributed by atoms with van der Waals surface area (Å²) in [5, 5.41) is 0. The summed E-state index contributed by atoms with van der Waals surface area (Å²) in [7, 11) is 1.81. The fourth-order valence-electron chi connectivity index (χ4n) is 1.61. The Hall–Kier alpha value is -0.260. The Morgan fingerprint density at radius 3 is 2.53 bits per heavy atom. The zero-order valence-corrected chi connectivity index (χ0v) is 14.3. The van der Waals surface area contributed by atoms with Crippen LogP contribution in [0.1, 0.15) is 19.4 Å². The van der Waals surface area contributed by atoms with Crippen LogP contribution >= 0.6 is 26.6 Å². The summed E-state index contributed by atoms with van der Waals surface area (Å²) in [5.41, 5.74) is 1.01. The largest absolute Gasteiger partial charge is 0.493 e. The first-order chi connectivity index (χ1) is 8.69. The van der Waals surface area contributed by atoms with Crippen molar-refractivity contribution in [1.82, 2.24) is 0 Å². The monoisotopic (exact) mass is 368 g/mol. The fourth-order valence-corrected chi connectivity index (χ4v) is 3.43. The maximum Gasteiger partial charge on any atom is 0.233 e. The quantitative estimate of drug-likeness (QED) is 0.712. The maximum atomic E-state index is 11.2. The molecule has 0 amide bonds. The number of rotatable bonds is 6. The molecule has 3 nitrogen and oxygen atoms in total. The first-order valence-corrected chi connectivity index (χ1v) is 9.27. The van der Waals surface area contributed by atoms with Crippen LogP contribution in [0.25, 0.3) is 0 Å². The molecule has 1 aromatic rings. The molecule has 108 valence electrons. The van der Waals surface area contributed by atoms with Crippen LogP contribution in [0.15, 0.2) is 22.7 Å². The maximum absolute atomic E-state index is 11.2. The summed E-state index contributed by atoms with van der Waals surface area (Å²) in [6.07, 6.45) is 0. The molecule has 0 radical (unpaired) electrons. The second-order valence-electron chi connectivity index (χ2n) is 4.93. The SMILES string of the molecule is Cc1ccc(Br)cc1OCC(CS(=O)(=O)Cl)C(C)C. The molecule has 0 fully saturated rings. The average molecular weight is 370 g/mol. The molecule has 1 aromatic carbocycles. The summed E-state index contributed by atoms with van der Waals surface area (Å²) >= 11 is 3.38. The van der Waals surface area contributed by atoms with E-state index in [2.05, 4.69) is 15.9 Å². The topological polar surface area (TPSA) is 43.4 Å². The Balaban J connectivity index is 2.74. The van der Waals surface area contributed by atoms with Gasteiger partial charge in [0.1, 0.15) is 5.75 Å². The van der Waals surface area contributed by atoms with Crippen LogP contribution < -0.4 is 4.74 Å². The van der Waals surface area contributed by atoms with Crippen molar-refractivity contribution < 1.29 is 13.2 Å². The van der Waals surface area contributed by atoms with Gasteiger partial charge in [-0.3, -0.25) is 0 Å². The highest BCUT2D eigenvalue weighted by Gasteiger charge is 2.21. The molecule has 0 aliphatic heterocycles. The van der Waals surface area contributed by atoms with E-state index >= 15 is 0 Å². The molecular weight excluding hydrogens is 352 g/mol. The van der Waals surface area contributed by atoms with Crippen LogP contribution in [0.5, 0.6) is 5.75 Å². The van der Waals surface area contributed by atoms with Crippen molar-refractivity contribution >= 4 is 35.7 Å². The van der Waals surface area contributed by atoms with Gasteiger partial charge in [0.05, 0.1) is 12.4 Å². The molecule has 0 spiro atoms. The van der Waals surface area contributed by atoms with Crippen molar-refractivity contribution in [2.75, 3.05) is 12.4 Å². The summed E-state index contributed by atoms with van der Waals surface area (Å²) in [6, 6.07) is 5.76. The van der Waals surface area contributed by atoms with E-state index < -0.39 is 9.05 Å². The van der Waals surface area contributed by atoms with Crippen molar-refractivity contribution in [3.05, 3.63) is 28.2 Å². The summed E-state index contributed by atoms with van der Waals surface area (Å²) in [4.78, 5) is 0. The fraction of sp³-hybridized carbons (Fsp3) is 0.538. The summed E-state index contributed by atoms with van der Waals surface area (Å²) in [5.74, 6) is 0.744. The number of hydrogen-bond donors (Lipinski definition) is 0. The molecule has 1 rings (SSSR count). The van der Waals surface area contributed by atoms with Gasteiger partial charge in [-0.05, 0) is 30.5 Å². The third-order valence-corrected chi connectivity index (χ3v) is 4.66. The van der Waals surface area contributed by atoms with Crippen molar-refractivity contribution in [2.45, 2.75) is 20.8 Å². The van der Waals surface area contributed by atoms with Gasteiger partial charge in [-0.2, -0.15) is 0 Å². The Morgan fingerprint density at radius 2 is 2.00 bits per heavy atom. The van der Waals surface area contributed by atoms with Crippen LogP contribution in [0.3, 0.4) is 0 Å². The van der Waals surface area contributed by atoms with Crippen molar-refractivity contribution in [3.8, 4) is 5.75 Å². The van der Waals surface area contributed by atoms with E-state index in [9.17, 15) is 8.42 Å². The highest BCUT2D eigenvalue weighted by Crippen LogP contribution is 2.25. The molecule has 0 N–H and O–H groups in total. The Labute approximate surface area is 127 Å². The standard InChI is InChI=1S/C13H18BrClO3S/c1-9(2)11(8-19(15,16)17)7-18-13-6-12(14)5-4-10(13)3/h4-6,9,11H,7-8H2,1-3H3. The first-order valence-electron chi connectivity index (χ1n) is 6.00. The lowest BCUT2D eigenvalue weighted by molar-refractivity contribution is 0.224. The predicted octanol–water partition coefficient (Wildman–Crippen LogP) is 3.98. The van der Waals surface area contributed by atoms with Gasteiger partial charge in [0, 0.05) is 21.1 Å². The van der Waals surface area contributed by atoms with Gasteiger partial charge in [-0.25, -0.2) is 8.42 Å². The number of halogens is 2. The van der Waals surface area contributed by atoms with Crippen LogP contribution in [-0.2, 0) is 9.05 Å². The van der Waals surface area contributed by atoms with Gasteiger partial charge in [0.15, 0.2) is 0 Å². The zero-order chi connectivity index (χ0) is 14.6. The van der Waals surface area contributed by atoms with Gasteiger partial charge in [0.25, 0.3) is 0 Å². The summed E-state index contributed by atoms with van der Waals surface area (Å²) in [6.45, 7) is 6.21. The minimum atomic E-state index is -3.51. The van der Waals surface area contributed by atoms with Gasteiger partial charge < -0.3 is 4.74 Å². The molecule has 0 aromatic heterocycles. The third-order valence-electron chi connectivity index (χ3n) is 2.96. The van der Waals surface area contributed by atoms with E-state index in [1.54, 1.807) is 0 Å². The van der Waals surface area contributed by atoms with Crippen LogP contribution in [-0.4, -0.2) is 20.8 Å². The molecule has 19 heavy (non-hydrogen) atoms. The molecule has 0 aliphatic rings. The van der Waals surface area contributed by atoms with E-state index in [4.69, 9.17) is 15.4 Å². The highest BCUT2D eigenvalue weighted by atomic mass is 79.9. The van der Waals surface area contributed by atoms with Crippen LogP contribution in [0.4, 0.5) is 0 Å². The van der Waals surface area contributed by atoms with Gasteiger partial charge >= 0.3 is 0 Å². The molecule has 0 bridgehead atoms. The number of ether oxygens (including phenoxy) is 1. The second-order valence-corrected chi connectivity index (χ2v) is 8.67. The van der Waals surface area contributed by atoms with Crippen LogP contribution in [0.2, 0.25) is 0 Å². The summed E-state index contributed by atoms with van der Waals surface area (Å²) < 4.78 is 29.0. The minimum Gasteiger partial charge on any atom is -0.493 e. The van der Waals surface area contributed by atoms with E-state index in [0.717, 1.165) is 15.8 Å². The Bertz CT molecular complexity index is 529. The predicted molar refractivity (Wildman–Crippen MR) is 82.3 cm³/mol. The number of aryl methyl sites for hydroxylation is 1. The van der Waals surface area contributed by atoms with Gasteiger partial charge in [0.2, 0.25) is 9.05 Å². The molecule has 6 heteroatoms. The van der Waals surface area contributed by atoms with Crippen molar-refractivity contribution in [2.24, 2.45) is 11.8 Å². The number of hydrogen-bond acceptors (Lipinski definition) is 3. The third kappa shape index (κ3) is 6.15. The minimum absolute atomic E-state index is 0.0702. The molecule has 0 aliphatic carbocycles. The highest BCUT2D eigenvalue weighted by molar-refractivity contribution is 9.10. The van der Waals surface area contributed by atoms with E-state index in [1.807, 2.05) is 39.0 Å². The second kappa shape index (κ2) is 6.95. The average Bonchev–Trinajstić information content (AvgIpc) is 2.26. The normalized spacial score (nSPS) is 13.6. The molecule has 1 unspecified atom stereocenters. The molecule has 0 saturated carbocycles. The lowest BCUT2D eigenvalue weighted by atomic mass is 9.99. The zero-order valence-electron chi connectivity index (χ0n) is 11.2. The molecule has 0 saturated heterocycles. The lowest BCUT2D eigenvalue weighted by Crippen LogP contribution is -2.24. The first kappa shape index (κ1) is 16.8. The molecule has 1 atom stereocenters. The Kier molecular flexibility index (Phi) is 6.15. The van der Waals surface area contributed by atoms with E-state index in [0.29, 0.717) is 6.61 Å². The smallest absolute Gasteiger partial charge is 0.233 e. The van der Waals surface area contributed by atoms with Crippen molar-refractivity contribution in [1.29, 1.82) is 0 Å². The van der Waals surface area contributed by atoms with Gasteiger partial charge in [-0.15, -0.1) is 0 Å². The molecule has 0 heterocycles. The Morgan fingerprint density at radius 1 is 1.37 bits per heavy atom. The lowest BCUT2D eigenvalue weighted by Gasteiger charge is -2.20.